The molecule has 0 spiro atoms. The normalized spacial score (nSPS) is 14.2. The molecule has 5 heteroatoms. The Balaban J connectivity index is 1.94. The van der Waals surface area contributed by atoms with E-state index in [0.717, 1.165) is 23.6 Å². The molecule has 4 nitrogen and oxygen atoms in total. The van der Waals surface area contributed by atoms with Crippen LogP contribution in [0.3, 0.4) is 0 Å². The summed E-state index contributed by atoms with van der Waals surface area (Å²) in [6, 6.07) is 9.35. The molecule has 0 radical (unpaired) electrons. The molecule has 2 aromatic rings. The van der Waals surface area contributed by atoms with E-state index >= 15 is 0 Å². The van der Waals surface area contributed by atoms with E-state index in [2.05, 4.69) is 11.2 Å². The SMILES string of the molecule is NC(=O)c1ccc(-c2cc3n(n2)CCCS3)cc1. The van der Waals surface area contributed by atoms with Gasteiger partial charge in [-0.05, 0) is 24.6 Å². The molecule has 1 aliphatic heterocycles. The molecule has 0 saturated heterocycles. The average Bonchev–Trinajstić information content (AvgIpc) is 2.82. The quantitative estimate of drug-likeness (QED) is 0.899. The van der Waals surface area contributed by atoms with Crippen molar-refractivity contribution in [1.29, 1.82) is 0 Å². The molecule has 1 amide bonds. The molecule has 0 atom stereocenters. The molecule has 1 aromatic heterocycles. The molecule has 2 N–H and O–H groups in total. The Bertz CT molecular complexity index is 565. The standard InChI is InChI=1S/C13H13N3OS/c14-13(17)10-4-2-9(3-5-10)11-8-12-16(15-11)6-1-7-18-12/h2-5,8H,1,6-7H2,(H2,14,17). The molecule has 1 aromatic carbocycles. The van der Waals surface area contributed by atoms with Crippen molar-refractivity contribution >= 4 is 17.7 Å². The summed E-state index contributed by atoms with van der Waals surface area (Å²) >= 11 is 1.84. The average molecular weight is 259 g/mol. The van der Waals surface area contributed by atoms with Gasteiger partial charge in [0.15, 0.2) is 0 Å². The van der Waals surface area contributed by atoms with E-state index in [0.29, 0.717) is 5.56 Å². The summed E-state index contributed by atoms with van der Waals surface area (Å²) in [4.78, 5) is 11.0. The van der Waals surface area contributed by atoms with Crippen LogP contribution in [-0.2, 0) is 6.54 Å². The van der Waals surface area contributed by atoms with Gasteiger partial charge in [-0.1, -0.05) is 12.1 Å². The Morgan fingerprint density at radius 2 is 2.11 bits per heavy atom. The monoisotopic (exact) mass is 259 g/mol. The second kappa shape index (κ2) is 4.49. The third-order valence-electron chi connectivity index (χ3n) is 2.97. The molecule has 0 aliphatic carbocycles. The Kier molecular flexibility index (Phi) is 2.83. The number of primary amides is 1. The van der Waals surface area contributed by atoms with Gasteiger partial charge < -0.3 is 5.73 Å². The molecule has 0 saturated carbocycles. The van der Waals surface area contributed by atoms with Crippen LogP contribution < -0.4 is 5.73 Å². The van der Waals surface area contributed by atoms with Gasteiger partial charge in [0.1, 0.15) is 0 Å². The molecule has 18 heavy (non-hydrogen) atoms. The molecule has 0 unspecified atom stereocenters. The van der Waals surface area contributed by atoms with Crippen molar-refractivity contribution in [3.63, 3.8) is 0 Å². The van der Waals surface area contributed by atoms with E-state index in [-0.39, 0.29) is 0 Å². The van der Waals surface area contributed by atoms with Crippen molar-refractivity contribution in [2.24, 2.45) is 5.73 Å². The van der Waals surface area contributed by atoms with Crippen molar-refractivity contribution in [3.05, 3.63) is 35.9 Å². The van der Waals surface area contributed by atoms with Crippen LogP contribution in [0, 0.1) is 0 Å². The Morgan fingerprint density at radius 3 is 2.78 bits per heavy atom. The number of nitrogens with two attached hydrogens (primary N) is 1. The van der Waals surface area contributed by atoms with Crippen molar-refractivity contribution < 1.29 is 4.79 Å². The zero-order valence-electron chi connectivity index (χ0n) is 9.80. The van der Waals surface area contributed by atoms with E-state index in [9.17, 15) is 4.79 Å². The van der Waals surface area contributed by atoms with Gasteiger partial charge in [-0.15, -0.1) is 11.8 Å². The number of thioether (sulfide) groups is 1. The summed E-state index contributed by atoms with van der Waals surface area (Å²) < 4.78 is 2.05. The number of amides is 1. The number of carbonyl (C=O) groups excluding carboxylic acids is 1. The summed E-state index contributed by atoms with van der Waals surface area (Å²) in [7, 11) is 0. The lowest BCUT2D eigenvalue weighted by Crippen LogP contribution is -2.10. The molecular weight excluding hydrogens is 246 g/mol. The van der Waals surface area contributed by atoms with Gasteiger partial charge in [-0.3, -0.25) is 9.48 Å². The fourth-order valence-corrected chi connectivity index (χ4v) is 2.97. The first-order valence-corrected chi connectivity index (χ1v) is 6.83. The van der Waals surface area contributed by atoms with Gasteiger partial charge >= 0.3 is 0 Å². The number of aryl methyl sites for hydroxylation is 1. The molecular formula is C13H13N3OS. The summed E-state index contributed by atoms with van der Waals surface area (Å²) in [5.41, 5.74) is 7.72. The number of carbonyl (C=O) groups is 1. The maximum Gasteiger partial charge on any atom is 0.248 e. The topological polar surface area (TPSA) is 60.9 Å². The fraction of sp³-hybridized carbons (Fsp3) is 0.231. The minimum Gasteiger partial charge on any atom is -0.366 e. The number of aromatic nitrogens is 2. The zero-order valence-corrected chi connectivity index (χ0v) is 10.6. The van der Waals surface area contributed by atoms with E-state index in [1.807, 2.05) is 28.6 Å². The smallest absolute Gasteiger partial charge is 0.248 e. The van der Waals surface area contributed by atoms with Gasteiger partial charge in [0.2, 0.25) is 5.91 Å². The van der Waals surface area contributed by atoms with E-state index in [4.69, 9.17) is 5.73 Å². The molecule has 0 fully saturated rings. The molecule has 1 aliphatic rings. The zero-order chi connectivity index (χ0) is 12.5. The van der Waals surface area contributed by atoms with Crippen molar-refractivity contribution in [2.75, 3.05) is 5.75 Å². The van der Waals surface area contributed by atoms with Crippen LogP contribution in [0.1, 0.15) is 16.8 Å². The van der Waals surface area contributed by atoms with Crippen LogP contribution >= 0.6 is 11.8 Å². The van der Waals surface area contributed by atoms with E-state index in [1.54, 1.807) is 12.1 Å². The van der Waals surface area contributed by atoms with Crippen LogP contribution in [-0.4, -0.2) is 21.4 Å². The number of rotatable bonds is 2. The summed E-state index contributed by atoms with van der Waals surface area (Å²) in [6.45, 7) is 0.988. The van der Waals surface area contributed by atoms with Gasteiger partial charge in [-0.2, -0.15) is 5.10 Å². The third kappa shape index (κ3) is 2.01. The first-order chi connectivity index (χ1) is 8.74. The second-order valence-electron chi connectivity index (χ2n) is 4.23. The van der Waals surface area contributed by atoms with Crippen molar-refractivity contribution in [2.45, 2.75) is 18.0 Å². The molecule has 92 valence electrons. The third-order valence-corrected chi connectivity index (χ3v) is 4.09. The van der Waals surface area contributed by atoms with Crippen molar-refractivity contribution in [1.82, 2.24) is 9.78 Å². The van der Waals surface area contributed by atoms with Crippen LogP contribution in [0.25, 0.3) is 11.3 Å². The summed E-state index contributed by atoms with van der Waals surface area (Å²) in [5, 5.41) is 5.79. The van der Waals surface area contributed by atoms with Gasteiger partial charge in [0, 0.05) is 23.4 Å². The van der Waals surface area contributed by atoms with Gasteiger partial charge in [-0.25, -0.2) is 0 Å². The predicted molar refractivity (Wildman–Crippen MR) is 71.5 cm³/mol. The van der Waals surface area contributed by atoms with Gasteiger partial charge in [0.05, 0.1) is 10.7 Å². The minimum absolute atomic E-state index is 0.402. The van der Waals surface area contributed by atoms with Crippen molar-refractivity contribution in [3.8, 4) is 11.3 Å². The maximum atomic E-state index is 11.0. The lowest BCUT2D eigenvalue weighted by atomic mass is 10.1. The lowest BCUT2D eigenvalue weighted by Gasteiger charge is -2.11. The second-order valence-corrected chi connectivity index (χ2v) is 5.35. The molecule has 2 heterocycles. The predicted octanol–water partition coefficient (Wildman–Crippen LogP) is 2.14. The highest BCUT2D eigenvalue weighted by molar-refractivity contribution is 7.99. The van der Waals surface area contributed by atoms with Gasteiger partial charge in [0.25, 0.3) is 0 Å². The Hall–Kier alpha value is -1.75. The Morgan fingerprint density at radius 1 is 1.33 bits per heavy atom. The largest absolute Gasteiger partial charge is 0.366 e. The fourth-order valence-electron chi connectivity index (χ4n) is 2.01. The van der Waals surface area contributed by atoms with E-state index < -0.39 is 5.91 Å². The summed E-state index contributed by atoms with van der Waals surface area (Å²) in [6.07, 6.45) is 1.17. The number of nitrogens with zero attached hydrogens (tertiary/aromatic N) is 2. The van der Waals surface area contributed by atoms with Crippen LogP contribution in [0.4, 0.5) is 0 Å². The first-order valence-electron chi connectivity index (χ1n) is 5.85. The number of hydrogen-bond donors (Lipinski definition) is 1. The highest BCUT2D eigenvalue weighted by Crippen LogP contribution is 2.29. The number of fused-ring (bicyclic) bond motifs is 1. The number of benzene rings is 1. The van der Waals surface area contributed by atoms with Crippen LogP contribution in [0.15, 0.2) is 35.4 Å². The van der Waals surface area contributed by atoms with Crippen LogP contribution in [0.5, 0.6) is 0 Å². The molecule has 3 rings (SSSR count). The molecule has 0 bridgehead atoms. The summed E-state index contributed by atoms with van der Waals surface area (Å²) in [5.74, 6) is 0.757. The number of hydrogen-bond acceptors (Lipinski definition) is 3. The lowest BCUT2D eigenvalue weighted by molar-refractivity contribution is 0.100. The highest BCUT2D eigenvalue weighted by atomic mass is 32.2. The maximum absolute atomic E-state index is 11.0. The first kappa shape index (κ1) is 11.3. The minimum atomic E-state index is -0.402. The highest BCUT2D eigenvalue weighted by Gasteiger charge is 2.13. The Labute approximate surface area is 109 Å². The van der Waals surface area contributed by atoms with E-state index in [1.165, 1.54) is 11.4 Å². The van der Waals surface area contributed by atoms with Crippen LogP contribution in [0.2, 0.25) is 0 Å².